The Morgan fingerprint density at radius 1 is 1.73 bits per heavy atom. The SMILES string of the molecule is CC(O)(CNC(=O)c1ccco1)C1CC1. The predicted molar refractivity (Wildman–Crippen MR) is 54.4 cm³/mol. The molecule has 0 saturated heterocycles. The highest BCUT2D eigenvalue weighted by Gasteiger charge is 2.40. The van der Waals surface area contributed by atoms with Crippen LogP contribution in [-0.2, 0) is 0 Å². The first kappa shape index (κ1) is 10.2. The average Bonchev–Trinajstić information content (AvgIpc) is 2.92. The van der Waals surface area contributed by atoms with E-state index in [9.17, 15) is 9.90 Å². The number of rotatable bonds is 4. The maximum absolute atomic E-state index is 11.5. The van der Waals surface area contributed by atoms with Crippen LogP contribution in [0.5, 0.6) is 0 Å². The first-order valence-electron chi connectivity index (χ1n) is 5.14. The van der Waals surface area contributed by atoms with E-state index >= 15 is 0 Å². The molecule has 0 radical (unpaired) electrons. The van der Waals surface area contributed by atoms with Crippen molar-refractivity contribution in [3.63, 3.8) is 0 Å². The van der Waals surface area contributed by atoms with Gasteiger partial charge in [0.2, 0.25) is 0 Å². The normalized spacial score (nSPS) is 19.6. The van der Waals surface area contributed by atoms with Gasteiger partial charge in [0, 0.05) is 6.54 Å². The van der Waals surface area contributed by atoms with E-state index in [1.807, 2.05) is 0 Å². The molecule has 1 aliphatic carbocycles. The quantitative estimate of drug-likeness (QED) is 0.782. The van der Waals surface area contributed by atoms with Crippen LogP contribution in [0.4, 0.5) is 0 Å². The number of hydrogen-bond acceptors (Lipinski definition) is 3. The highest BCUT2D eigenvalue weighted by Crippen LogP contribution is 2.38. The fourth-order valence-electron chi connectivity index (χ4n) is 1.60. The van der Waals surface area contributed by atoms with Crippen LogP contribution in [0.25, 0.3) is 0 Å². The van der Waals surface area contributed by atoms with Crippen LogP contribution < -0.4 is 5.32 Å². The third-order valence-electron chi connectivity index (χ3n) is 2.81. The van der Waals surface area contributed by atoms with Gasteiger partial charge >= 0.3 is 0 Å². The second kappa shape index (κ2) is 3.70. The zero-order valence-corrected chi connectivity index (χ0v) is 8.69. The number of carbonyl (C=O) groups is 1. The summed E-state index contributed by atoms with van der Waals surface area (Å²) in [7, 11) is 0. The third-order valence-corrected chi connectivity index (χ3v) is 2.81. The molecule has 0 aliphatic heterocycles. The van der Waals surface area contributed by atoms with Crippen molar-refractivity contribution in [2.75, 3.05) is 6.54 Å². The Morgan fingerprint density at radius 2 is 2.47 bits per heavy atom. The lowest BCUT2D eigenvalue weighted by Crippen LogP contribution is -2.42. The van der Waals surface area contributed by atoms with Crippen LogP contribution in [-0.4, -0.2) is 23.2 Å². The summed E-state index contributed by atoms with van der Waals surface area (Å²) in [5.41, 5.74) is -0.789. The molecule has 1 heterocycles. The number of nitrogens with one attached hydrogen (secondary N) is 1. The van der Waals surface area contributed by atoms with Crippen molar-refractivity contribution >= 4 is 5.91 Å². The molecule has 1 aromatic heterocycles. The Labute approximate surface area is 88.3 Å². The van der Waals surface area contributed by atoms with Gasteiger partial charge in [0.05, 0.1) is 11.9 Å². The summed E-state index contributed by atoms with van der Waals surface area (Å²) in [5, 5.41) is 12.6. The monoisotopic (exact) mass is 209 g/mol. The van der Waals surface area contributed by atoms with E-state index in [1.165, 1.54) is 6.26 Å². The van der Waals surface area contributed by atoms with Crippen molar-refractivity contribution in [1.82, 2.24) is 5.32 Å². The summed E-state index contributed by atoms with van der Waals surface area (Å²) in [6.45, 7) is 2.03. The lowest BCUT2D eigenvalue weighted by Gasteiger charge is -2.22. The smallest absolute Gasteiger partial charge is 0.287 e. The van der Waals surface area contributed by atoms with Gasteiger partial charge in [-0.2, -0.15) is 0 Å². The van der Waals surface area contributed by atoms with E-state index in [0.717, 1.165) is 12.8 Å². The summed E-state index contributed by atoms with van der Waals surface area (Å²) in [6, 6.07) is 3.26. The molecule has 1 atom stereocenters. The summed E-state index contributed by atoms with van der Waals surface area (Å²) >= 11 is 0. The lowest BCUT2D eigenvalue weighted by molar-refractivity contribution is 0.0350. The molecule has 1 aromatic rings. The second-order valence-corrected chi connectivity index (χ2v) is 4.29. The molecule has 15 heavy (non-hydrogen) atoms. The summed E-state index contributed by atoms with van der Waals surface area (Å²) in [5.74, 6) is 0.330. The van der Waals surface area contributed by atoms with Crippen molar-refractivity contribution in [1.29, 1.82) is 0 Å². The molecule has 1 aliphatic rings. The van der Waals surface area contributed by atoms with Crippen molar-refractivity contribution < 1.29 is 14.3 Å². The minimum Gasteiger partial charge on any atom is -0.459 e. The minimum absolute atomic E-state index is 0.275. The molecule has 4 heteroatoms. The van der Waals surface area contributed by atoms with Gasteiger partial charge in [-0.05, 0) is 37.8 Å². The Hall–Kier alpha value is -1.29. The first-order chi connectivity index (χ1) is 7.09. The molecular formula is C11H15NO3. The minimum atomic E-state index is -0.789. The van der Waals surface area contributed by atoms with Crippen LogP contribution in [0, 0.1) is 5.92 Å². The van der Waals surface area contributed by atoms with Crippen LogP contribution in [0.1, 0.15) is 30.3 Å². The summed E-state index contributed by atoms with van der Waals surface area (Å²) in [4.78, 5) is 11.5. The van der Waals surface area contributed by atoms with Gasteiger partial charge in [0.25, 0.3) is 5.91 Å². The maximum atomic E-state index is 11.5. The van der Waals surface area contributed by atoms with Crippen molar-refractivity contribution in [2.24, 2.45) is 5.92 Å². The topological polar surface area (TPSA) is 62.5 Å². The largest absolute Gasteiger partial charge is 0.459 e. The molecule has 1 amide bonds. The van der Waals surface area contributed by atoms with E-state index in [4.69, 9.17) is 4.42 Å². The number of carbonyl (C=O) groups excluding carboxylic acids is 1. The molecule has 2 rings (SSSR count). The van der Waals surface area contributed by atoms with Gasteiger partial charge in [0.15, 0.2) is 5.76 Å². The number of amides is 1. The molecule has 82 valence electrons. The van der Waals surface area contributed by atoms with Gasteiger partial charge < -0.3 is 14.8 Å². The number of aliphatic hydroxyl groups is 1. The molecule has 1 fully saturated rings. The van der Waals surface area contributed by atoms with Crippen molar-refractivity contribution in [2.45, 2.75) is 25.4 Å². The van der Waals surface area contributed by atoms with Gasteiger partial charge in [-0.1, -0.05) is 0 Å². The molecule has 4 nitrogen and oxygen atoms in total. The Morgan fingerprint density at radius 3 is 3.00 bits per heavy atom. The summed E-state index contributed by atoms with van der Waals surface area (Å²) < 4.78 is 4.94. The molecule has 0 bridgehead atoms. The summed E-state index contributed by atoms with van der Waals surface area (Å²) in [6.07, 6.45) is 3.54. The van der Waals surface area contributed by atoms with Gasteiger partial charge in [-0.15, -0.1) is 0 Å². The highest BCUT2D eigenvalue weighted by atomic mass is 16.3. The number of furan rings is 1. The average molecular weight is 209 g/mol. The zero-order chi connectivity index (χ0) is 10.9. The molecule has 0 aromatic carbocycles. The van der Waals surface area contributed by atoms with Crippen molar-refractivity contribution in [3.8, 4) is 0 Å². The van der Waals surface area contributed by atoms with Crippen LogP contribution >= 0.6 is 0 Å². The zero-order valence-electron chi connectivity index (χ0n) is 8.69. The van der Waals surface area contributed by atoms with Crippen molar-refractivity contribution in [3.05, 3.63) is 24.2 Å². The lowest BCUT2D eigenvalue weighted by atomic mass is 10.0. The molecule has 1 unspecified atom stereocenters. The predicted octanol–water partition coefficient (Wildman–Crippen LogP) is 1.17. The van der Waals surface area contributed by atoms with Gasteiger partial charge in [-0.25, -0.2) is 0 Å². The van der Waals surface area contributed by atoms with E-state index < -0.39 is 5.60 Å². The van der Waals surface area contributed by atoms with E-state index in [-0.39, 0.29) is 18.2 Å². The van der Waals surface area contributed by atoms with Crippen LogP contribution in [0.2, 0.25) is 0 Å². The molecule has 1 saturated carbocycles. The maximum Gasteiger partial charge on any atom is 0.287 e. The highest BCUT2D eigenvalue weighted by molar-refractivity contribution is 5.91. The molecule has 2 N–H and O–H groups in total. The van der Waals surface area contributed by atoms with E-state index in [2.05, 4.69) is 5.32 Å². The fourth-order valence-corrected chi connectivity index (χ4v) is 1.60. The van der Waals surface area contributed by atoms with Crippen LogP contribution in [0.15, 0.2) is 22.8 Å². The number of hydrogen-bond donors (Lipinski definition) is 2. The first-order valence-corrected chi connectivity index (χ1v) is 5.14. The molecule has 0 spiro atoms. The Kier molecular flexibility index (Phi) is 2.52. The second-order valence-electron chi connectivity index (χ2n) is 4.29. The third kappa shape index (κ3) is 2.39. The van der Waals surface area contributed by atoms with Gasteiger partial charge in [0.1, 0.15) is 0 Å². The standard InChI is InChI=1S/C11H15NO3/c1-11(14,8-4-5-8)7-12-10(13)9-3-2-6-15-9/h2-3,6,8,14H,4-5,7H2,1H3,(H,12,13). The fraction of sp³-hybridized carbons (Fsp3) is 0.545. The van der Waals surface area contributed by atoms with Crippen LogP contribution in [0.3, 0.4) is 0 Å². The Bertz CT molecular complexity index is 339. The van der Waals surface area contributed by atoms with E-state index in [0.29, 0.717) is 5.92 Å². The van der Waals surface area contributed by atoms with E-state index in [1.54, 1.807) is 19.1 Å². The Balaban J connectivity index is 1.85. The molecular weight excluding hydrogens is 194 g/mol. The van der Waals surface area contributed by atoms with Gasteiger partial charge in [-0.3, -0.25) is 4.79 Å².